The summed E-state index contributed by atoms with van der Waals surface area (Å²) in [5.41, 5.74) is 1.03. The number of aromatic nitrogens is 1. The van der Waals surface area contributed by atoms with Crippen LogP contribution in [-0.2, 0) is 0 Å². The third-order valence-corrected chi connectivity index (χ3v) is 4.81. The molecule has 1 aliphatic heterocycles. The van der Waals surface area contributed by atoms with Gasteiger partial charge in [0.05, 0.1) is 6.61 Å². The highest BCUT2D eigenvalue weighted by Gasteiger charge is 2.28. The zero-order valence-corrected chi connectivity index (χ0v) is 13.6. The SMILES string of the molecule is CC1CCCC(CO)N1CC(O)COc1cccc2[nH]ccc12. The normalized spacial score (nSPS) is 24.0. The molecule has 1 aliphatic rings. The maximum atomic E-state index is 10.4. The van der Waals surface area contributed by atoms with Crippen LogP contribution in [-0.4, -0.2) is 58.0 Å². The van der Waals surface area contributed by atoms with Crippen LogP contribution < -0.4 is 4.74 Å². The number of nitrogens with one attached hydrogen (secondary N) is 1. The molecule has 0 bridgehead atoms. The molecule has 3 N–H and O–H groups in total. The Hall–Kier alpha value is -1.56. The zero-order valence-electron chi connectivity index (χ0n) is 13.6. The highest BCUT2D eigenvalue weighted by molar-refractivity contribution is 5.85. The molecular weight excluding hydrogens is 292 g/mol. The molecule has 23 heavy (non-hydrogen) atoms. The van der Waals surface area contributed by atoms with E-state index in [2.05, 4.69) is 16.8 Å². The molecule has 2 aromatic rings. The van der Waals surface area contributed by atoms with Crippen LogP contribution >= 0.6 is 0 Å². The molecule has 1 saturated heterocycles. The summed E-state index contributed by atoms with van der Waals surface area (Å²) < 4.78 is 5.83. The van der Waals surface area contributed by atoms with Crippen molar-refractivity contribution in [1.82, 2.24) is 9.88 Å². The van der Waals surface area contributed by atoms with E-state index in [1.807, 2.05) is 30.5 Å². The number of aliphatic hydroxyl groups is 2. The monoisotopic (exact) mass is 318 g/mol. The van der Waals surface area contributed by atoms with E-state index in [0.29, 0.717) is 12.6 Å². The first-order chi connectivity index (χ1) is 11.2. The zero-order chi connectivity index (χ0) is 16.2. The number of hydrogen-bond acceptors (Lipinski definition) is 4. The number of β-amino-alcohol motifs (C(OH)–C–C–N with tert-alkyl or cyclic N) is 1. The van der Waals surface area contributed by atoms with Crippen molar-refractivity contribution in [3.8, 4) is 5.75 Å². The highest BCUT2D eigenvalue weighted by Crippen LogP contribution is 2.25. The second-order valence-corrected chi connectivity index (χ2v) is 6.47. The van der Waals surface area contributed by atoms with Crippen molar-refractivity contribution >= 4 is 10.9 Å². The number of likely N-dealkylation sites (tertiary alicyclic amines) is 1. The quantitative estimate of drug-likeness (QED) is 0.763. The van der Waals surface area contributed by atoms with Crippen molar-refractivity contribution in [3.63, 3.8) is 0 Å². The van der Waals surface area contributed by atoms with E-state index < -0.39 is 6.10 Å². The fraction of sp³-hybridized carbons (Fsp3) is 0.556. The second-order valence-electron chi connectivity index (χ2n) is 6.47. The van der Waals surface area contributed by atoms with Gasteiger partial charge in [-0.25, -0.2) is 0 Å². The Morgan fingerprint density at radius 3 is 3.04 bits per heavy atom. The highest BCUT2D eigenvalue weighted by atomic mass is 16.5. The molecule has 1 fully saturated rings. The maximum Gasteiger partial charge on any atom is 0.128 e. The van der Waals surface area contributed by atoms with E-state index >= 15 is 0 Å². The fourth-order valence-corrected chi connectivity index (χ4v) is 3.53. The van der Waals surface area contributed by atoms with Gasteiger partial charge in [-0.2, -0.15) is 0 Å². The third kappa shape index (κ3) is 3.68. The summed E-state index contributed by atoms with van der Waals surface area (Å²) in [6.45, 7) is 3.11. The maximum absolute atomic E-state index is 10.4. The minimum absolute atomic E-state index is 0.153. The van der Waals surface area contributed by atoms with Gasteiger partial charge in [-0.1, -0.05) is 12.5 Å². The average molecular weight is 318 g/mol. The smallest absolute Gasteiger partial charge is 0.128 e. The Morgan fingerprint density at radius 2 is 2.22 bits per heavy atom. The van der Waals surface area contributed by atoms with Gasteiger partial charge in [-0.05, 0) is 38.0 Å². The lowest BCUT2D eigenvalue weighted by Crippen LogP contribution is -2.50. The Kier molecular flexibility index (Phi) is 5.20. The first-order valence-corrected chi connectivity index (χ1v) is 8.42. The van der Waals surface area contributed by atoms with E-state index in [1.54, 1.807) is 0 Å². The number of piperidine rings is 1. The van der Waals surface area contributed by atoms with Crippen LogP contribution in [0.1, 0.15) is 26.2 Å². The molecule has 5 nitrogen and oxygen atoms in total. The molecule has 0 amide bonds. The standard InChI is InChI=1S/C18H26N2O3/c1-13-4-2-5-14(11-21)20(13)10-15(22)12-23-18-7-3-6-17-16(18)8-9-19-17/h3,6-9,13-15,19,21-22H,2,4-5,10-12H2,1H3. The molecule has 3 unspecified atom stereocenters. The second kappa shape index (κ2) is 7.34. The van der Waals surface area contributed by atoms with E-state index in [1.165, 1.54) is 0 Å². The van der Waals surface area contributed by atoms with Gasteiger partial charge in [0.25, 0.3) is 0 Å². The van der Waals surface area contributed by atoms with Crippen molar-refractivity contribution in [3.05, 3.63) is 30.5 Å². The average Bonchev–Trinajstić information content (AvgIpc) is 3.04. The minimum Gasteiger partial charge on any atom is -0.490 e. The van der Waals surface area contributed by atoms with Gasteiger partial charge in [-0.3, -0.25) is 4.90 Å². The van der Waals surface area contributed by atoms with Crippen molar-refractivity contribution in [1.29, 1.82) is 0 Å². The summed E-state index contributed by atoms with van der Waals surface area (Å²) in [5.74, 6) is 0.785. The van der Waals surface area contributed by atoms with Crippen LogP contribution in [0.5, 0.6) is 5.75 Å². The number of fused-ring (bicyclic) bond motifs is 1. The van der Waals surface area contributed by atoms with Crippen molar-refractivity contribution in [2.75, 3.05) is 19.8 Å². The van der Waals surface area contributed by atoms with Crippen LogP contribution in [0.3, 0.4) is 0 Å². The number of H-pyrrole nitrogens is 1. The summed E-state index contributed by atoms with van der Waals surface area (Å²) in [5, 5.41) is 20.9. The molecule has 1 aromatic heterocycles. The lowest BCUT2D eigenvalue weighted by Gasteiger charge is -2.40. The molecule has 0 spiro atoms. The molecule has 0 radical (unpaired) electrons. The van der Waals surface area contributed by atoms with Crippen molar-refractivity contribution in [2.24, 2.45) is 0 Å². The number of rotatable bonds is 6. The topological polar surface area (TPSA) is 68.7 Å². The molecule has 3 atom stereocenters. The Balaban J connectivity index is 1.58. The van der Waals surface area contributed by atoms with Gasteiger partial charge in [0.1, 0.15) is 18.5 Å². The molecule has 0 aliphatic carbocycles. The molecule has 3 rings (SSSR count). The van der Waals surface area contributed by atoms with Crippen LogP contribution in [0, 0.1) is 0 Å². The van der Waals surface area contributed by atoms with E-state index in [-0.39, 0.29) is 19.3 Å². The van der Waals surface area contributed by atoms with E-state index in [4.69, 9.17) is 4.74 Å². The number of benzene rings is 1. The Labute approximate surface area is 136 Å². The number of ether oxygens (including phenoxy) is 1. The predicted molar refractivity (Wildman–Crippen MR) is 90.7 cm³/mol. The molecule has 126 valence electrons. The summed E-state index contributed by atoms with van der Waals surface area (Å²) >= 11 is 0. The first-order valence-electron chi connectivity index (χ1n) is 8.42. The van der Waals surface area contributed by atoms with Crippen LogP contribution in [0.25, 0.3) is 10.9 Å². The Morgan fingerprint density at radius 1 is 1.35 bits per heavy atom. The van der Waals surface area contributed by atoms with Crippen LogP contribution in [0.2, 0.25) is 0 Å². The van der Waals surface area contributed by atoms with Gasteiger partial charge in [0.2, 0.25) is 0 Å². The molecule has 0 saturated carbocycles. The third-order valence-electron chi connectivity index (χ3n) is 4.81. The van der Waals surface area contributed by atoms with Gasteiger partial charge < -0.3 is 19.9 Å². The largest absolute Gasteiger partial charge is 0.490 e. The summed E-state index contributed by atoms with van der Waals surface area (Å²) in [7, 11) is 0. The fourth-order valence-electron chi connectivity index (χ4n) is 3.53. The number of aliphatic hydroxyl groups excluding tert-OH is 2. The van der Waals surface area contributed by atoms with E-state index in [0.717, 1.165) is 35.9 Å². The number of hydrogen-bond donors (Lipinski definition) is 3. The summed E-state index contributed by atoms with van der Waals surface area (Å²) in [6, 6.07) is 8.38. The van der Waals surface area contributed by atoms with E-state index in [9.17, 15) is 10.2 Å². The lowest BCUT2D eigenvalue weighted by molar-refractivity contribution is -0.000962. The van der Waals surface area contributed by atoms with Crippen LogP contribution in [0.15, 0.2) is 30.5 Å². The molecular formula is C18H26N2O3. The molecule has 5 heteroatoms. The van der Waals surface area contributed by atoms with Gasteiger partial charge in [0.15, 0.2) is 0 Å². The van der Waals surface area contributed by atoms with Crippen molar-refractivity contribution < 1.29 is 14.9 Å². The van der Waals surface area contributed by atoms with Gasteiger partial charge in [0, 0.05) is 35.7 Å². The summed E-state index contributed by atoms with van der Waals surface area (Å²) in [6.07, 6.45) is 4.57. The number of nitrogens with zero attached hydrogens (tertiary/aromatic N) is 1. The summed E-state index contributed by atoms with van der Waals surface area (Å²) in [4.78, 5) is 5.37. The minimum atomic E-state index is -0.571. The lowest BCUT2D eigenvalue weighted by atomic mass is 9.96. The Bertz CT molecular complexity index is 628. The number of aromatic amines is 1. The molecule has 1 aromatic carbocycles. The van der Waals surface area contributed by atoms with Crippen molar-refractivity contribution in [2.45, 2.75) is 44.4 Å². The van der Waals surface area contributed by atoms with Gasteiger partial charge >= 0.3 is 0 Å². The predicted octanol–water partition coefficient (Wildman–Crippen LogP) is 2.14. The first kappa shape index (κ1) is 16.3. The van der Waals surface area contributed by atoms with Crippen LogP contribution in [0.4, 0.5) is 0 Å². The van der Waals surface area contributed by atoms with Gasteiger partial charge in [-0.15, -0.1) is 0 Å². The molecule has 2 heterocycles.